The van der Waals surface area contributed by atoms with Gasteiger partial charge >= 0.3 is 0 Å². The van der Waals surface area contributed by atoms with Crippen molar-refractivity contribution >= 4 is 11.4 Å². The van der Waals surface area contributed by atoms with Gasteiger partial charge < -0.3 is 0 Å². The maximum absolute atomic E-state index is 14.2. The standard InChI is InChI=1S/C29H24O/c1-23(24-14-6-2-7-15-24)22-28(30)29(25-16-8-3-9-17-25,26-18-10-4-11-19-26)27-20-12-5-13-21-27/h2-22H,1H3/b23-22-. The SMILES string of the molecule is C/C(=C/C(=O)C(c1ccccc1)(c1ccccc1)c1ccccc1)c1ccccc1. The molecule has 30 heavy (non-hydrogen) atoms. The van der Waals surface area contributed by atoms with E-state index in [1.807, 2.05) is 128 Å². The fourth-order valence-corrected chi connectivity index (χ4v) is 4.08. The lowest BCUT2D eigenvalue weighted by Gasteiger charge is -2.33. The fourth-order valence-electron chi connectivity index (χ4n) is 4.08. The van der Waals surface area contributed by atoms with Crippen molar-refractivity contribution in [1.29, 1.82) is 0 Å². The summed E-state index contributed by atoms with van der Waals surface area (Å²) < 4.78 is 0. The smallest absolute Gasteiger partial charge is 0.175 e. The monoisotopic (exact) mass is 388 g/mol. The highest BCUT2D eigenvalue weighted by molar-refractivity contribution is 6.08. The summed E-state index contributed by atoms with van der Waals surface area (Å²) >= 11 is 0. The molecule has 0 atom stereocenters. The highest BCUT2D eigenvalue weighted by atomic mass is 16.1. The van der Waals surface area contributed by atoms with Crippen LogP contribution in [0.2, 0.25) is 0 Å². The number of hydrogen-bond acceptors (Lipinski definition) is 1. The van der Waals surface area contributed by atoms with Gasteiger partial charge in [0.1, 0.15) is 5.41 Å². The topological polar surface area (TPSA) is 17.1 Å². The Morgan fingerprint density at radius 2 is 0.900 bits per heavy atom. The summed E-state index contributed by atoms with van der Waals surface area (Å²) in [6.07, 6.45) is 1.79. The van der Waals surface area contributed by atoms with Crippen molar-refractivity contribution in [2.75, 3.05) is 0 Å². The molecule has 1 heteroatoms. The van der Waals surface area contributed by atoms with Gasteiger partial charge in [-0.1, -0.05) is 121 Å². The van der Waals surface area contributed by atoms with Gasteiger partial charge in [0.05, 0.1) is 0 Å². The highest BCUT2D eigenvalue weighted by Gasteiger charge is 2.42. The number of rotatable bonds is 6. The molecule has 0 aliphatic rings. The second-order valence-electron chi connectivity index (χ2n) is 7.41. The van der Waals surface area contributed by atoms with E-state index in [1.54, 1.807) is 6.08 Å². The Morgan fingerprint density at radius 3 is 1.27 bits per heavy atom. The molecule has 0 unspecified atom stereocenters. The Morgan fingerprint density at radius 1 is 0.567 bits per heavy atom. The zero-order valence-corrected chi connectivity index (χ0v) is 17.0. The van der Waals surface area contributed by atoms with Crippen LogP contribution in [0.4, 0.5) is 0 Å². The van der Waals surface area contributed by atoms with Crippen LogP contribution in [0.15, 0.2) is 127 Å². The van der Waals surface area contributed by atoms with Gasteiger partial charge in [0.2, 0.25) is 0 Å². The number of hydrogen-bond donors (Lipinski definition) is 0. The van der Waals surface area contributed by atoms with E-state index in [9.17, 15) is 4.79 Å². The lowest BCUT2D eigenvalue weighted by atomic mass is 9.66. The minimum Gasteiger partial charge on any atom is -0.293 e. The van der Waals surface area contributed by atoms with Crippen LogP contribution in [-0.4, -0.2) is 5.78 Å². The lowest BCUT2D eigenvalue weighted by molar-refractivity contribution is -0.117. The van der Waals surface area contributed by atoms with E-state index >= 15 is 0 Å². The summed E-state index contributed by atoms with van der Waals surface area (Å²) in [4.78, 5) is 14.2. The lowest BCUT2D eigenvalue weighted by Crippen LogP contribution is -2.37. The average Bonchev–Trinajstić information content (AvgIpc) is 2.82. The van der Waals surface area contributed by atoms with Gasteiger partial charge in [0.25, 0.3) is 0 Å². The van der Waals surface area contributed by atoms with E-state index in [4.69, 9.17) is 0 Å². The fraction of sp³-hybridized carbons (Fsp3) is 0.0690. The van der Waals surface area contributed by atoms with Crippen molar-refractivity contribution in [3.05, 3.63) is 150 Å². The van der Waals surface area contributed by atoms with Crippen molar-refractivity contribution < 1.29 is 4.79 Å². The maximum Gasteiger partial charge on any atom is 0.175 e. The Balaban J connectivity index is 1.99. The zero-order chi connectivity index (χ0) is 20.8. The Labute approximate surface area is 178 Å². The molecule has 0 saturated heterocycles. The van der Waals surface area contributed by atoms with Crippen molar-refractivity contribution in [2.45, 2.75) is 12.3 Å². The zero-order valence-electron chi connectivity index (χ0n) is 17.0. The summed E-state index contributed by atoms with van der Waals surface area (Å²) in [6, 6.07) is 40.3. The Hall–Kier alpha value is -3.71. The number of carbonyl (C=O) groups excluding carboxylic acids is 1. The van der Waals surface area contributed by atoms with Gasteiger partial charge in [-0.25, -0.2) is 0 Å². The average molecular weight is 389 g/mol. The molecule has 0 spiro atoms. The van der Waals surface area contributed by atoms with Crippen LogP contribution in [0.5, 0.6) is 0 Å². The van der Waals surface area contributed by atoms with Crippen LogP contribution in [0.3, 0.4) is 0 Å². The van der Waals surface area contributed by atoms with Gasteiger partial charge in [-0.3, -0.25) is 4.79 Å². The second-order valence-corrected chi connectivity index (χ2v) is 7.41. The first kappa shape index (κ1) is 19.6. The predicted molar refractivity (Wildman–Crippen MR) is 124 cm³/mol. The molecule has 0 aliphatic heterocycles. The number of carbonyl (C=O) groups is 1. The third kappa shape index (κ3) is 3.62. The Kier molecular flexibility index (Phi) is 5.72. The summed E-state index contributed by atoms with van der Waals surface area (Å²) in [5, 5.41) is 0. The van der Waals surface area contributed by atoms with Crippen LogP contribution < -0.4 is 0 Å². The van der Waals surface area contributed by atoms with Crippen LogP contribution in [0, 0.1) is 0 Å². The van der Waals surface area contributed by atoms with Gasteiger partial charge in [-0.05, 0) is 40.8 Å². The normalized spacial score (nSPS) is 11.8. The summed E-state index contributed by atoms with van der Waals surface area (Å²) in [5.41, 5.74) is 3.97. The molecule has 0 aromatic heterocycles. The molecule has 0 heterocycles. The highest BCUT2D eigenvalue weighted by Crippen LogP contribution is 2.41. The molecule has 0 bridgehead atoms. The van der Waals surface area contributed by atoms with Gasteiger partial charge in [-0.15, -0.1) is 0 Å². The minimum atomic E-state index is -0.917. The number of allylic oxidation sites excluding steroid dienone is 2. The van der Waals surface area contributed by atoms with Gasteiger partial charge in [0, 0.05) is 0 Å². The molecular formula is C29H24O. The number of benzene rings is 4. The van der Waals surface area contributed by atoms with Gasteiger partial charge in [0.15, 0.2) is 5.78 Å². The molecule has 4 aromatic carbocycles. The predicted octanol–water partition coefficient (Wildman–Crippen LogP) is 6.69. The van der Waals surface area contributed by atoms with Crippen molar-refractivity contribution in [3.63, 3.8) is 0 Å². The minimum absolute atomic E-state index is 0.0486. The molecule has 0 amide bonds. The van der Waals surface area contributed by atoms with Crippen LogP contribution in [0.25, 0.3) is 5.57 Å². The molecule has 0 radical (unpaired) electrons. The molecule has 0 saturated carbocycles. The summed E-state index contributed by atoms with van der Waals surface area (Å²) in [6.45, 7) is 2.00. The van der Waals surface area contributed by atoms with Crippen molar-refractivity contribution in [3.8, 4) is 0 Å². The molecule has 146 valence electrons. The van der Waals surface area contributed by atoms with E-state index in [2.05, 4.69) is 0 Å². The largest absolute Gasteiger partial charge is 0.293 e. The molecule has 0 fully saturated rings. The van der Waals surface area contributed by atoms with E-state index in [-0.39, 0.29) is 5.78 Å². The maximum atomic E-state index is 14.2. The molecule has 4 rings (SSSR count). The first-order chi connectivity index (χ1) is 14.7. The van der Waals surface area contributed by atoms with Crippen molar-refractivity contribution in [1.82, 2.24) is 0 Å². The van der Waals surface area contributed by atoms with E-state index in [1.165, 1.54) is 0 Å². The van der Waals surface area contributed by atoms with Crippen LogP contribution in [0.1, 0.15) is 29.2 Å². The summed E-state index contributed by atoms with van der Waals surface area (Å²) in [7, 11) is 0. The Bertz CT molecular complexity index is 1030. The van der Waals surface area contributed by atoms with E-state index < -0.39 is 5.41 Å². The second kappa shape index (κ2) is 8.75. The van der Waals surface area contributed by atoms with E-state index in [0.717, 1.165) is 27.8 Å². The third-order valence-corrected chi connectivity index (χ3v) is 5.57. The van der Waals surface area contributed by atoms with Gasteiger partial charge in [-0.2, -0.15) is 0 Å². The summed E-state index contributed by atoms with van der Waals surface area (Å²) in [5.74, 6) is 0.0486. The molecular weight excluding hydrogens is 364 g/mol. The quantitative estimate of drug-likeness (QED) is 0.265. The number of ketones is 1. The first-order valence-electron chi connectivity index (χ1n) is 10.2. The first-order valence-corrected chi connectivity index (χ1v) is 10.2. The molecule has 0 aliphatic carbocycles. The van der Waals surface area contributed by atoms with Crippen LogP contribution >= 0.6 is 0 Å². The molecule has 0 N–H and O–H groups in total. The van der Waals surface area contributed by atoms with Crippen molar-refractivity contribution in [2.24, 2.45) is 0 Å². The molecule has 4 aromatic rings. The molecule has 1 nitrogen and oxygen atoms in total. The third-order valence-electron chi connectivity index (χ3n) is 5.57. The van der Waals surface area contributed by atoms with Crippen LogP contribution in [-0.2, 0) is 10.2 Å². The van der Waals surface area contributed by atoms with E-state index in [0.29, 0.717) is 0 Å².